The fourth-order valence-corrected chi connectivity index (χ4v) is 6.00. The number of benzene rings is 3. The number of allylic oxidation sites excluding steroid dienone is 2. The molecule has 0 radical (unpaired) electrons. The fourth-order valence-electron chi connectivity index (χ4n) is 4.95. The quantitative estimate of drug-likeness (QED) is 0.248. The number of ether oxygens (including phenoxy) is 1. The van der Waals surface area contributed by atoms with Crippen LogP contribution in [0.15, 0.2) is 124 Å². The monoisotopic (exact) mass is 572 g/mol. The van der Waals surface area contributed by atoms with E-state index in [4.69, 9.17) is 9.84 Å². The topological polar surface area (TPSA) is 78.5 Å². The number of para-hydroxylation sites is 1. The molecule has 0 N–H and O–H groups in total. The summed E-state index contributed by atoms with van der Waals surface area (Å²) in [7, 11) is 0. The van der Waals surface area contributed by atoms with Gasteiger partial charge < -0.3 is 4.74 Å². The average molecular weight is 573 g/mol. The summed E-state index contributed by atoms with van der Waals surface area (Å²) in [6.07, 6.45) is 7.57. The number of rotatable bonds is 7. The summed E-state index contributed by atoms with van der Waals surface area (Å²) in [4.78, 5) is 32.3. The van der Waals surface area contributed by atoms with Crippen molar-refractivity contribution in [1.82, 2.24) is 14.3 Å². The molecule has 0 bridgehead atoms. The van der Waals surface area contributed by atoms with Crippen LogP contribution >= 0.6 is 11.3 Å². The van der Waals surface area contributed by atoms with Gasteiger partial charge in [-0.3, -0.25) is 9.36 Å². The zero-order valence-electron chi connectivity index (χ0n) is 23.2. The molecule has 5 aromatic rings. The second-order valence-corrected chi connectivity index (χ2v) is 10.7. The summed E-state index contributed by atoms with van der Waals surface area (Å²) >= 11 is 1.29. The molecule has 3 aromatic carbocycles. The molecule has 6 rings (SSSR count). The van der Waals surface area contributed by atoms with Crippen LogP contribution < -0.4 is 14.9 Å². The minimum Gasteiger partial charge on any atom is -0.463 e. The summed E-state index contributed by atoms with van der Waals surface area (Å²) in [6.45, 7) is 3.77. The first-order valence-corrected chi connectivity index (χ1v) is 14.5. The molecule has 0 aliphatic carbocycles. The third-order valence-electron chi connectivity index (χ3n) is 6.93. The molecule has 8 heteroatoms. The number of carbonyl (C=O) groups is 1. The SMILES string of the molecule is CCOC(=O)C1=C(C)N=c2s/c(=C/c3cn(-c4ccccc4)nc3-c3ccccc3)c(=O)n2C1/C=C/c1ccccc1. The van der Waals surface area contributed by atoms with Gasteiger partial charge in [-0.2, -0.15) is 5.10 Å². The van der Waals surface area contributed by atoms with Crippen molar-refractivity contribution in [3.63, 3.8) is 0 Å². The predicted molar refractivity (Wildman–Crippen MR) is 166 cm³/mol. The molecule has 7 nitrogen and oxygen atoms in total. The van der Waals surface area contributed by atoms with Gasteiger partial charge in [0.1, 0.15) is 0 Å². The minimum absolute atomic E-state index is 0.225. The van der Waals surface area contributed by atoms with E-state index < -0.39 is 12.0 Å². The third kappa shape index (κ3) is 5.32. The lowest BCUT2D eigenvalue weighted by molar-refractivity contribution is -0.139. The van der Waals surface area contributed by atoms with Crippen LogP contribution in [-0.2, 0) is 9.53 Å². The van der Waals surface area contributed by atoms with E-state index in [9.17, 15) is 9.59 Å². The largest absolute Gasteiger partial charge is 0.463 e. The van der Waals surface area contributed by atoms with E-state index >= 15 is 0 Å². The van der Waals surface area contributed by atoms with Gasteiger partial charge in [0.25, 0.3) is 5.56 Å². The highest BCUT2D eigenvalue weighted by molar-refractivity contribution is 7.07. The fraction of sp³-hybridized carbons (Fsp3) is 0.118. The van der Waals surface area contributed by atoms with E-state index in [0.29, 0.717) is 20.6 Å². The van der Waals surface area contributed by atoms with Crippen molar-refractivity contribution in [2.45, 2.75) is 19.9 Å². The van der Waals surface area contributed by atoms with Crippen LogP contribution in [0.2, 0.25) is 0 Å². The number of fused-ring (bicyclic) bond motifs is 1. The molecule has 0 fully saturated rings. The first kappa shape index (κ1) is 27.1. The molecule has 2 aromatic heterocycles. The van der Waals surface area contributed by atoms with E-state index in [1.54, 1.807) is 18.4 Å². The van der Waals surface area contributed by atoms with Gasteiger partial charge in [0.2, 0.25) is 0 Å². The van der Waals surface area contributed by atoms with Gasteiger partial charge in [0, 0.05) is 17.3 Å². The second-order valence-electron chi connectivity index (χ2n) is 9.69. The molecule has 0 saturated heterocycles. The average Bonchev–Trinajstić information content (AvgIpc) is 3.58. The van der Waals surface area contributed by atoms with Crippen molar-refractivity contribution in [3.8, 4) is 16.9 Å². The smallest absolute Gasteiger partial charge is 0.338 e. The Hall–Kier alpha value is -5.08. The Kier molecular flexibility index (Phi) is 7.62. The van der Waals surface area contributed by atoms with Gasteiger partial charge in [0.05, 0.1) is 39.8 Å². The standard InChI is InChI=1S/C34H28N4O3S/c1-3-41-33(40)30-23(2)35-34-38(28(30)20-19-24-13-7-4-8-14-24)32(39)29(42-34)21-26-22-37(27-17-11-6-12-18-27)36-31(26)25-15-9-5-10-16-25/h4-22,28H,3H2,1-2H3/b20-19+,29-21+. The zero-order chi connectivity index (χ0) is 29.1. The third-order valence-corrected chi connectivity index (χ3v) is 7.91. The van der Waals surface area contributed by atoms with Crippen LogP contribution in [0.25, 0.3) is 29.1 Å². The van der Waals surface area contributed by atoms with Gasteiger partial charge in [-0.05, 0) is 37.6 Å². The van der Waals surface area contributed by atoms with Crippen LogP contribution in [0, 0.1) is 0 Å². The highest BCUT2D eigenvalue weighted by Crippen LogP contribution is 2.27. The molecule has 0 amide bonds. The number of nitrogens with zero attached hydrogens (tertiary/aromatic N) is 4. The minimum atomic E-state index is -0.664. The van der Waals surface area contributed by atoms with Crippen molar-refractivity contribution < 1.29 is 9.53 Å². The number of hydrogen-bond donors (Lipinski definition) is 0. The van der Waals surface area contributed by atoms with Crippen molar-refractivity contribution in [2.24, 2.45) is 4.99 Å². The lowest BCUT2D eigenvalue weighted by Gasteiger charge is -2.21. The van der Waals surface area contributed by atoms with Crippen molar-refractivity contribution >= 4 is 29.5 Å². The van der Waals surface area contributed by atoms with E-state index in [0.717, 1.165) is 28.1 Å². The molecule has 1 aliphatic heterocycles. The second kappa shape index (κ2) is 11.8. The van der Waals surface area contributed by atoms with E-state index in [-0.39, 0.29) is 12.2 Å². The first-order valence-electron chi connectivity index (χ1n) is 13.7. The Morgan fingerprint density at radius 1 is 0.976 bits per heavy atom. The zero-order valence-corrected chi connectivity index (χ0v) is 24.0. The summed E-state index contributed by atoms with van der Waals surface area (Å²) in [5.74, 6) is -0.480. The molecule has 42 heavy (non-hydrogen) atoms. The summed E-state index contributed by atoms with van der Waals surface area (Å²) in [6, 6.07) is 28.8. The van der Waals surface area contributed by atoms with E-state index in [1.807, 2.05) is 120 Å². The van der Waals surface area contributed by atoms with Crippen LogP contribution in [0.3, 0.4) is 0 Å². The lowest BCUT2D eigenvalue weighted by atomic mass is 10.0. The maximum atomic E-state index is 14.0. The number of carbonyl (C=O) groups excluding carboxylic acids is 1. The molecule has 3 heterocycles. The molecular weight excluding hydrogens is 544 g/mol. The van der Waals surface area contributed by atoms with Crippen molar-refractivity contribution in [2.75, 3.05) is 6.61 Å². The maximum Gasteiger partial charge on any atom is 0.338 e. The normalized spacial score (nSPS) is 15.1. The molecule has 1 atom stereocenters. The van der Waals surface area contributed by atoms with Gasteiger partial charge in [-0.25, -0.2) is 14.5 Å². The highest BCUT2D eigenvalue weighted by atomic mass is 32.1. The van der Waals surface area contributed by atoms with Crippen molar-refractivity contribution in [3.05, 3.63) is 145 Å². The van der Waals surface area contributed by atoms with Crippen LogP contribution in [0.1, 0.15) is 31.0 Å². The Bertz CT molecular complexity index is 1990. The molecule has 208 valence electrons. The molecule has 0 spiro atoms. The molecular formula is C34H28N4O3S. The van der Waals surface area contributed by atoms with Gasteiger partial charge in [-0.15, -0.1) is 0 Å². The Morgan fingerprint density at radius 3 is 2.33 bits per heavy atom. The Labute approximate surface area is 246 Å². The van der Waals surface area contributed by atoms with Crippen LogP contribution in [-0.4, -0.2) is 26.9 Å². The Morgan fingerprint density at radius 2 is 1.64 bits per heavy atom. The lowest BCUT2D eigenvalue weighted by Crippen LogP contribution is -2.38. The summed E-state index contributed by atoms with van der Waals surface area (Å²) in [5, 5.41) is 4.88. The molecule has 1 aliphatic rings. The Balaban J connectivity index is 1.52. The summed E-state index contributed by atoms with van der Waals surface area (Å²) < 4.78 is 9.28. The van der Waals surface area contributed by atoms with E-state index in [1.165, 1.54) is 11.3 Å². The van der Waals surface area contributed by atoms with E-state index in [2.05, 4.69) is 4.99 Å². The number of hydrogen-bond acceptors (Lipinski definition) is 6. The number of esters is 1. The molecule has 0 saturated carbocycles. The first-order chi connectivity index (χ1) is 20.5. The predicted octanol–water partition coefficient (Wildman–Crippen LogP) is 5.32. The maximum absolute atomic E-state index is 14.0. The molecule has 1 unspecified atom stereocenters. The summed E-state index contributed by atoms with van der Waals surface area (Å²) in [5.41, 5.74) is 5.02. The van der Waals surface area contributed by atoms with Crippen molar-refractivity contribution in [1.29, 1.82) is 0 Å². The van der Waals surface area contributed by atoms with Crippen LogP contribution in [0.5, 0.6) is 0 Å². The van der Waals surface area contributed by atoms with Crippen LogP contribution in [0.4, 0.5) is 0 Å². The van der Waals surface area contributed by atoms with Gasteiger partial charge in [-0.1, -0.05) is 102 Å². The highest BCUT2D eigenvalue weighted by Gasteiger charge is 2.30. The van der Waals surface area contributed by atoms with Gasteiger partial charge in [0.15, 0.2) is 4.80 Å². The van der Waals surface area contributed by atoms with Gasteiger partial charge >= 0.3 is 5.97 Å². The number of aromatic nitrogens is 3. The number of thiazole rings is 1.